The van der Waals surface area contributed by atoms with E-state index < -0.39 is 18.0 Å². The number of amides is 2. The van der Waals surface area contributed by atoms with Crippen molar-refractivity contribution in [2.75, 3.05) is 33.5 Å². The summed E-state index contributed by atoms with van der Waals surface area (Å²) in [6, 6.07) is 2.53. The number of rotatable bonds is 8. The van der Waals surface area contributed by atoms with E-state index in [4.69, 9.17) is 18.9 Å². The van der Waals surface area contributed by atoms with E-state index in [0.29, 0.717) is 22.6 Å². The largest absolute Gasteiger partial charge is 0.493 e. The smallest absolute Gasteiger partial charge is 0.338 e. The second-order valence-electron chi connectivity index (χ2n) is 5.48. The third-order valence-corrected chi connectivity index (χ3v) is 4.27. The van der Waals surface area contributed by atoms with Gasteiger partial charge in [0.15, 0.2) is 11.5 Å². The van der Waals surface area contributed by atoms with Gasteiger partial charge in [-0.05, 0) is 41.9 Å². The van der Waals surface area contributed by atoms with Gasteiger partial charge in [0, 0.05) is 0 Å². The molecule has 1 aliphatic rings. The molecule has 9 nitrogen and oxygen atoms in total. The van der Waals surface area contributed by atoms with Gasteiger partial charge in [0.25, 0.3) is 0 Å². The van der Waals surface area contributed by atoms with E-state index >= 15 is 0 Å². The van der Waals surface area contributed by atoms with Gasteiger partial charge in [-0.3, -0.25) is 0 Å². The Labute approximate surface area is 170 Å². The van der Waals surface area contributed by atoms with Crippen molar-refractivity contribution in [1.82, 2.24) is 10.6 Å². The minimum atomic E-state index is -0.662. The molecule has 2 amide bonds. The summed E-state index contributed by atoms with van der Waals surface area (Å²) in [5.74, 6) is -0.415. The molecule has 1 aromatic rings. The van der Waals surface area contributed by atoms with Gasteiger partial charge in [-0.2, -0.15) is 0 Å². The van der Waals surface area contributed by atoms with E-state index in [2.05, 4.69) is 26.6 Å². The van der Waals surface area contributed by atoms with Gasteiger partial charge >= 0.3 is 18.0 Å². The maximum Gasteiger partial charge on any atom is 0.338 e. The number of carbonyl (C=O) groups is 3. The average Bonchev–Trinajstić information content (AvgIpc) is 2.67. The number of ether oxygens (including phenoxy) is 4. The molecule has 0 spiro atoms. The summed E-state index contributed by atoms with van der Waals surface area (Å²) in [4.78, 5) is 36.0. The standard InChI is InChI=1S/C18H21BrN2O7/c1-4-26-15-12(19)6-10(7-14(15)25-3)16(22)28-9-13-11(17(23)27-5-2)8-20-18(24)21-13/h6-7H,4-5,8-9H2,1-3H3,(H2,20,21,24). The summed E-state index contributed by atoms with van der Waals surface area (Å²) >= 11 is 3.34. The first kappa shape index (κ1) is 21.5. The molecular formula is C18H21BrN2O7. The zero-order chi connectivity index (χ0) is 20.7. The molecule has 0 fully saturated rings. The molecule has 0 atom stereocenters. The van der Waals surface area contributed by atoms with Gasteiger partial charge in [-0.1, -0.05) is 0 Å². The fourth-order valence-electron chi connectivity index (χ4n) is 2.41. The van der Waals surface area contributed by atoms with Gasteiger partial charge in [0.2, 0.25) is 0 Å². The monoisotopic (exact) mass is 456 g/mol. The van der Waals surface area contributed by atoms with E-state index in [-0.39, 0.29) is 36.6 Å². The third kappa shape index (κ3) is 5.16. The minimum absolute atomic E-state index is 0.0139. The summed E-state index contributed by atoms with van der Waals surface area (Å²) in [5.41, 5.74) is 0.581. The lowest BCUT2D eigenvalue weighted by atomic mass is 10.1. The first-order chi connectivity index (χ1) is 13.4. The molecule has 0 aromatic heterocycles. The number of carbonyl (C=O) groups excluding carboxylic acids is 3. The molecule has 2 rings (SSSR count). The fraction of sp³-hybridized carbons (Fsp3) is 0.389. The Balaban J connectivity index is 2.18. The van der Waals surface area contributed by atoms with Crippen molar-refractivity contribution < 1.29 is 33.3 Å². The van der Waals surface area contributed by atoms with Crippen LogP contribution in [0.1, 0.15) is 24.2 Å². The Kier molecular flexibility index (Phi) is 7.68. The number of nitrogens with one attached hydrogen (secondary N) is 2. The second kappa shape index (κ2) is 9.98. The molecule has 152 valence electrons. The Morgan fingerprint density at radius 3 is 2.54 bits per heavy atom. The van der Waals surface area contributed by atoms with Crippen LogP contribution in [0.2, 0.25) is 0 Å². The topological polar surface area (TPSA) is 112 Å². The Morgan fingerprint density at radius 1 is 1.14 bits per heavy atom. The molecule has 0 saturated carbocycles. The molecule has 10 heteroatoms. The quantitative estimate of drug-likeness (QED) is 0.576. The summed E-state index contributed by atoms with van der Waals surface area (Å²) in [5, 5.41) is 4.95. The predicted octanol–water partition coefficient (Wildman–Crippen LogP) is 2.14. The molecule has 0 unspecified atom stereocenters. The number of hydrogen-bond donors (Lipinski definition) is 2. The van der Waals surface area contributed by atoms with Crippen LogP contribution < -0.4 is 20.1 Å². The van der Waals surface area contributed by atoms with Crippen molar-refractivity contribution in [2.24, 2.45) is 0 Å². The molecule has 2 N–H and O–H groups in total. The number of methoxy groups -OCH3 is 1. The van der Waals surface area contributed by atoms with Crippen LogP contribution in [0.25, 0.3) is 0 Å². The van der Waals surface area contributed by atoms with Gasteiger partial charge in [0.1, 0.15) is 6.61 Å². The Hall–Kier alpha value is -2.75. The van der Waals surface area contributed by atoms with Crippen molar-refractivity contribution in [3.05, 3.63) is 33.4 Å². The first-order valence-corrected chi connectivity index (χ1v) is 9.31. The van der Waals surface area contributed by atoms with Gasteiger partial charge in [-0.25, -0.2) is 14.4 Å². The maximum absolute atomic E-state index is 12.5. The highest BCUT2D eigenvalue weighted by Crippen LogP contribution is 2.36. The number of hydrogen-bond acceptors (Lipinski definition) is 7. The number of halogens is 1. The minimum Gasteiger partial charge on any atom is -0.493 e. The van der Waals surface area contributed by atoms with Gasteiger partial charge in [-0.15, -0.1) is 0 Å². The highest BCUT2D eigenvalue weighted by Gasteiger charge is 2.25. The molecule has 1 heterocycles. The van der Waals surface area contributed by atoms with Crippen molar-refractivity contribution in [2.45, 2.75) is 13.8 Å². The molecular weight excluding hydrogens is 436 g/mol. The fourth-order valence-corrected chi connectivity index (χ4v) is 2.97. The molecule has 0 saturated heterocycles. The van der Waals surface area contributed by atoms with E-state index in [1.54, 1.807) is 6.92 Å². The Bertz CT molecular complexity index is 807. The zero-order valence-electron chi connectivity index (χ0n) is 15.7. The molecule has 0 aliphatic carbocycles. The number of urea groups is 1. The van der Waals surface area contributed by atoms with E-state index in [1.165, 1.54) is 19.2 Å². The zero-order valence-corrected chi connectivity index (χ0v) is 17.3. The maximum atomic E-state index is 12.5. The third-order valence-electron chi connectivity index (χ3n) is 3.68. The first-order valence-electron chi connectivity index (χ1n) is 8.52. The predicted molar refractivity (Wildman–Crippen MR) is 102 cm³/mol. The highest BCUT2D eigenvalue weighted by molar-refractivity contribution is 9.10. The van der Waals surface area contributed by atoms with Crippen LogP contribution in [0.5, 0.6) is 11.5 Å². The van der Waals surface area contributed by atoms with Crippen LogP contribution in [-0.2, 0) is 14.3 Å². The molecule has 28 heavy (non-hydrogen) atoms. The molecule has 0 bridgehead atoms. The van der Waals surface area contributed by atoms with E-state index in [9.17, 15) is 14.4 Å². The van der Waals surface area contributed by atoms with Crippen LogP contribution >= 0.6 is 15.9 Å². The lowest BCUT2D eigenvalue weighted by molar-refractivity contribution is -0.138. The van der Waals surface area contributed by atoms with Crippen LogP contribution in [0, 0.1) is 0 Å². The van der Waals surface area contributed by atoms with Crippen LogP contribution in [0.3, 0.4) is 0 Å². The number of esters is 2. The molecule has 0 radical (unpaired) electrons. The van der Waals surface area contributed by atoms with Gasteiger partial charge < -0.3 is 29.6 Å². The van der Waals surface area contributed by atoms with Crippen LogP contribution in [0.15, 0.2) is 27.9 Å². The lowest BCUT2D eigenvalue weighted by Gasteiger charge is -2.21. The van der Waals surface area contributed by atoms with Crippen LogP contribution in [-0.4, -0.2) is 51.4 Å². The molecule has 1 aliphatic heterocycles. The highest BCUT2D eigenvalue weighted by atomic mass is 79.9. The van der Waals surface area contributed by atoms with E-state index in [0.717, 1.165) is 0 Å². The lowest BCUT2D eigenvalue weighted by Crippen LogP contribution is -2.45. The average molecular weight is 457 g/mol. The summed E-state index contributed by atoms with van der Waals surface area (Å²) in [6.45, 7) is 3.80. The van der Waals surface area contributed by atoms with Gasteiger partial charge in [0.05, 0.1) is 48.2 Å². The summed E-state index contributed by atoms with van der Waals surface area (Å²) in [6.07, 6.45) is 0. The summed E-state index contributed by atoms with van der Waals surface area (Å²) in [7, 11) is 1.46. The number of benzene rings is 1. The van der Waals surface area contributed by atoms with Crippen LogP contribution in [0.4, 0.5) is 4.79 Å². The van der Waals surface area contributed by atoms with Crippen molar-refractivity contribution in [3.63, 3.8) is 0 Å². The summed E-state index contributed by atoms with van der Waals surface area (Å²) < 4.78 is 21.5. The van der Waals surface area contributed by atoms with Crippen molar-refractivity contribution in [3.8, 4) is 11.5 Å². The normalized spacial score (nSPS) is 13.4. The Morgan fingerprint density at radius 2 is 1.89 bits per heavy atom. The van der Waals surface area contributed by atoms with E-state index in [1.807, 2.05) is 6.92 Å². The second-order valence-corrected chi connectivity index (χ2v) is 6.34. The SMILES string of the molecule is CCOC(=O)C1=C(COC(=O)c2cc(Br)c(OCC)c(OC)c2)NC(=O)NC1. The van der Waals surface area contributed by atoms with Crippen molar-refractivity contribution >= 4 is 33.9 Å². The molecule has 1 aromatic carbocycles. The van der Waals surface area contributed by atoms with Crippen molar-refractivity contribution in [1.29, 1.82) is 0 Å².